The van der Waals surface area contributed by atoms with Crippen molar-refractivity contribution in [1.82, 2.24) is 10.2 Å². The lowest BCUT2D eigenvalue weighted by molar-refractivity contribution is -0.137. The maximum absolute atomic E-state index is 13.9. The van der Waals surface area contributed by atoms with Crippen LogP contribution in [0.1, 0.15) is 38.3 Å². The molecule has 4 N–H and O–H groups in total. The number of carboxylic acids is 1. The Morgan fingerprint density at radius 1 is 0.767 bits per heavy atom. The van der Waals surface area contributed by atoms with E-state index in [4.69, 9.17) is 5.14 Å². The molecule has 43 heavy (non-hydrogen) atoms. The van der Waals surface area contributed by atoms with E-state index in [1.807, 2.05) is 0 Å². The number of nitrogens with two attached hydrogens (primary N) is 1. The maximum atomic E-state index is 13.9. The first kappa shape index (κ1) is 31.1. The highest BCUT2D eigenvalue weighted by atomic mass is 32.2. The molecule has 0 fully saturated rings. The first-order valence-corrected chi connectivity index (χ1v) is 14.9. The Balaban J connectivity index is 1.59. The molecular weight excluding hydrogens is 573 g/mol. The molecule has 0 aromatic heterocycles. The minimum Gasteiger partial charge on any atom is -0.481 e. The molecule has 0 radical (unpaired) electrons. The van der Waals surface area contributed by atoms with Crippen LogP contribution in [0.4, 0.5) is 4.39 Å². The van der Waals surface area contributed by atoms with Crippen molar-refractivity contribution < 1.29 is 32.3 Å². The Kier molecular flexibility index (Phi) is 10.0. The number of carbonyl (C=O) groups is 3. The fourth-order valence-electron chi connectivity index (χ4n) is 4.53. The fraction of sp³-hybridized carbons (Fsp3) is 0.156. The minimum absolute atomic E-state index is 0.0376. The Labute approximate surface area is 248 Å². The third-order valence-electron chi connectivity index (χ3n) is 6.79. The summed E-state index contributed by atoms with van der Waals surface area (Å²) in [6.07, 6.45) is 0.0570. The van der Waals surface area contributed by atoms with Gasteiger partial charge in [-0.05, 0) is 65.1 Å². The Morgan fingerprint density at radius 3 is 1.93 bits per heavy atom. The topological polar surface area (TPSA) is 147 Å². The van der Waals surface area contributed by atoms with Gasteiger partial charge in [-0.1, -0.05) is 60.7 Å². The van der Waals surface area contributed by atoms with Crippen molar-refractivity contribution in [2.75, 3.05) is 13.1 Å². The SMILES string of the molecule is NS(=O)(=O)c1ccc(CCN(CCC(=O)O)C(=O)c2ccccc2-c2ccccc2C(=O)NCc2ccc(F)cc2)cc1. The molecule has 0 saturated carbocycles. The van der Waals surface area contributed by atoms with Gasteiger partial charge in [0.1, 0.15) is 5.82 Å². The number of rotatable bonds is 12. The normalized spacial score (nSPS) is 11.1. The molecule has 0 atom stereocenters. The van der Waals surface area contributed by atoms with Gasteiger partial charge in [0.2, 0.25) is 10.0 Å². The number of hydrogen-bond donors (Lipinski definition) is 3. The second kappa shape index (κ2) is 13.9. The van der Waals surface area contributed by atoms with Gasteiger partial charge in [0.05, 0.1) is 11.3 Å². The Morgan fingerprint density at radius 2 is 1.33 bits per heavy atom. The molecule has 0 bridgehead atoms. The van der Waals surface area contributed by atoms with Crippen molar-refractivity contribution in [2.45, 2.75) is 24.3 Å². The van der Waals surface area contributed by atoms with Gasteiger partial charge in [-0.15, -0.1) is 0 Å². The van der Waals surface area contributed by atoms with E-state index >= 15 is 0 Å². The van der Waals surface area contributed by atoms with Gasteiger partial charge in [-0.3, -0.25) is 14.4 Å². The molecule has 0 spiro atoms. The summed E-state index contributed by atoms with van der Waals surface area (Å²) in [5, 5.41) is 17.3. The van der Waals surface area contributed by atoms with Crippen LogP contribution in [-0.2, 0) is 27.8 Å². The molecule has 0 aliphatic carbocycles. The standard InChI is InChI=1S/C32H30FN3O6S/c33-24-13-9-23(10-14-24)21-35-31(39)28-7-3-1-5-26(28)27-6-2-4-8-29(27)32(40)36(20-18-30(37)38)19-17-22-11-15-25(16-12-22)43(34,41)42/h1-16H,17-21H2,(H,35,39)(H,37,38)(H2,34,41,42). The molecule has 9 nitrogen and oxygen atoms in total. The summed E-state index contributed by atoms with van der Waals surface area (Å²) < 4.78 is 36.4. The molecule has 11 heteroatoms. The summed E-state index contributed by atoms with van der Waals surface area (Å²) in [5.41, 5.74) is 3.08. The van der Waals surface area contributed by atoms with Crippen LogP contribution in [-0.4, -0.2) is 49.3 Å². The summed E-state index contributed by atoms with van der Waals surface area (Å²) >= 11 is 0. The molecule has 4 aromatic rings. The van der Waals surface area contributed by atoms with Crippen LogP contribution in [0.3, 0.4) is 0 Å². The number of benzene rings is 4. The molecule has 0 unspecified atom stereocenters. The van der Waals surface area contributed by atoms with E-state index in [2.05, 4.69) is 5.32 Å². The molecule has 0 aliphatic rings. The van der Waals surface area contributed by atoms with Gasteiger partial charge in [-0.2, -0.15) is 0 Å². The highest BCUT2D eigenvalue weighted by molar-refractivity contribution is 7.89. The number of halogens is 1. The van der Waals surface area contributed by atoms with Crippen LogP contribution < -0.4 is 10.5 Å². The lowest BCUT2D eigenvalue weighted by atomic mass is 9.94. The van der Waals surface area contributed by atoms with Gasteiger partial charge in [-0.25, -0.2) is 17.9 Å². The summed E-state index contributed by atoms with van der Waals surface area (Å²) in [7, 11) is -3.85. The minimum atomic E-state index is -3.85. The van der Waals surface area contributed by atoms with E-state index in [0.717, 1.165) is 11.1 Å². The molecule has 222 valence electrons. The third kappa shape index (κ3) is 8.34. The Hall–Kier alpha value is -4.87. The van der Waals surface area contributed by atoms with E-state index in [9.17, 15) is 32.3 Å². The first-order chi connectivity index (χ1) is 20.5. The van der Waals surface area contributed by atoms with Gasteiger partial charge in [0.15, 0.2) is 0 Å². The van der Waals surface area contributed by atoms with Crippen LogP contribution in [0.15, 0.2) is 102 Å². The fourth-order valence-corrected chi connectivity index (χ4v) is 5.04. The quantitative estimate of drug-likeness (QED) is 0.221. The number of primary sulfonamides is 1. The number of aliphatic carboxylic acids is 1. The zero-order chi connectivity index (χ0) is 31.0. The predicted molar refractivity (Wildman–Crippen MR) is 159 cm³/mol. The zero-order valence-electron chi connectivity index (χ0n) is 23.1. The lowest BCUT2D eigenvalue weighted by Gasteiger charge is -2.24. The second-order valence-electron chi connectivity index (χ2n) is 9.78. The molecular formula is C32H30FN3O6S. The van der Waals surface area contributed by atoms with Crippen LogP contribution >= 0.6 is 0 Å². The predicted octanol–water partition coefficient (Wildman–Crippen LogP) is 4.23. The van der Waals surface area contributed by atoms with E-state index in [0.29, 0.717) is 23.1 Å². The van der Waals surface area contributed by atoms with Gasteiger partial charge in [0.25, 0.3) is 11.8 Å². The Bertz CT molecular complexity index is 1720. The first-order valence-electron chi connectivity index (χ1n) is 13.4. The number of nitrogens with zero attached hydrogens (tertiary/aromatic N) is 1. The molecule has 0 heterocycles. The smallest absolute Gasteiger partial charge is 0.305 e. The van der Waals surface area contributed by atoms with Crippen molar-refractivity contribution in [3.8, 4) is 11.1 Å². The molecule has 0 saturated heterocycles. The number of nitrogens with one attached hydrogen (secondary N) is 1. The number of sulfonamides is 1. The molecule has 2 amide bonds. The number of hydrogen-bond acceptors (Lipinski definition) is 5. The van der Waals surface area contributed by atoms with Crippen LogP contribution in [0.2, 0.25) is 0 Å². The number of amides is 2. The van der Waals surface area contributed by atoms with Gasteiger partial charge in [0, 0.05) is 30.8 Å². The monoisotopic (exact) mass is 603 g/mol. The number of carboxylic acid groups (broad SMARTS) is 1. The molecule has 0 aliphatic heterocycles. The van der Waals surface area contributed by atoms with Crippen molar-refractivity contribution in [3.05, 3.63) is 125 Å². The largest absolute Gasteiger partial charge is 0.481 e. The molecule has 4 rings (SSSR count). The second-order valence-corrected chi connectivity index (χ2v) is 11.3. The third-order valence-corrected chi connectivity index (χ3v) is 7.72. The van der Waals surface area contributed by atoms with Crippen LogP contribution in [0.25, 0.3) is 11.1 Å². The van der Waals surface area contributed by atoms with Crippen LogP contribution in [0.5, 0.6) is 0 Å². The maximum Gasteiger partial charge on any atom is 0.305 e. The van der Waals surface area contributed by atoms with E-state index in [-0.39, 0.29) is 48.2 Å². The highest BCUT2D eigenvalue weighted by Crippen LogP contribution is 2.28. The summed E-state index contributed by atoms with van der Waals surface area (Å²) in [4.78, 5) is 39.9. The van der Waals surface area contributed by atoms with Crippen molar-refractivity contribution in [1.29, 1.82) is 0 Å². The lowest BCUT2D eigenvalue weighted by Crippen LogP contribution is -2.35. The van der Waals surface area contributed by atoms with Gasteiger partial charge >= 0.3 is 5.97 Å². The summed E-state index contributed by atoms with van der Waals surface area (Å²) in [6.45, 7) is 0.279. The average Bonchev–Trinajstić information content (AvgIpc) is 3.00. The van der Waals surface area contributed by atoms with E-state index in [1.165, 1.54) is 29.2 Å². The average molecular weight is 604 g/mol. The molecule has 4 aromatic carbocycles. The van der Waals surface area contributed by atoms with Crippen molar-refractivity contribution >= 4 is 27.8 Å². The summed E-state index contributed by atoms with van der Waals surface area (Å²) in [5.74, 6) is -2.24. The van der Waals surface area contributed by atoms with E-state index in [1.54, 1.807) is 72.8 Å². The number of carbonyl (C=O) groups excluding carboxylic acids is 2. The van der Waals surface area contributed by atoms with Crippen molar-refractivity contribution in [3.63, 3.8) is 0 Å². The van der Waals surface area contributed by atoms with E-state index < -0.39 is 21.9 Å². The van der Waals surface area contributed by atoms with Crippen LogP contribution in [0, 0.1) is 5.82 Å². The zero-order valence-corrected chi connectivity index (χ0v) is 23.9. The summed E-state index contributed by atoms with van der Waals surface area (Å²) in [6, 6.07) is 25.3. The van der Waals surface area contributed by atoms with Crippen molar-refractivity contribution in [2.24, 2.45) is 5.14 Å². The highest BCUT2D eigenvalue weighted by Gasteiger charge is 2.23. The van der Waals surface area contributed by atoms with Gasteiger partial charge < -0.3 is 15.3 Å².